The van der Waals surface area contributed by atoms with Crippen LogP contribution in [0.2, 0.25) is 5.02 Å². The van der Waals surface area contributed by atoms with Gasteiger partial charge in [0.25, 0.3) is 0 Å². The summed E-state index contributed by atoms with van der Waals surface area (Å²) in [5.74, 6) is 0.0591. The zero-order valence-corrected chi connectivity index (χ0v) is 14.5. The zero-order chi connectivity index (χ0) is 16.9. The Morgan fingerprint density at radius 3 is 2.33 bits per heavy atom. The Balaban J connectivity index is 1.76. The van der Waals surface area contributed by atoms with Crippen LogP contribution < -0.4 is 5.32 Å². The van der Waals surface area contributed by atoms with Crippen molar-refractivity contribution < 1.29 is 9.59 Å². The molecule has 2 amide bonds. The smallest absolute Gasteiger partial charge is 0.242 e. The molecule has 1 saturated heterocycles. The maximum absolute atomic E-state index is 13.0. The van der Waals surface area contributed by atoms with Gasteiger partial charge in [-0.1, -0.05) is 36.6 Å². The van der Waals surface area contributed by atoms with Gasteiger partial charge in [0, 0.05) is 37.2 Å². The van der Waals surface area contributed by atoms with Gasteiger partial charge in [-0.3, -0.25) is 14.5 Å². The number of hydrogen-bond acceptors (Lipinski definition) is 3. The van der Waals surface area contributed by atoms with Gasteiger partial charge < -0.3 is 10.2 Å². The van der Waals surface area contributed by atoms with E-state index >= 15 is 0 Å². The minimum absolute atomic E-state index is 0.0591. The molecule has 1 saturated carbocycles. The highest BCUT2D eigenvalue weighted by Gasteiger charge is 2.31. The van der Waals surface area contributed by atoms with Crippen LogP contribution in [-0.2, 0) is 9.59 Å². The maximum atomic E-state index is 13.0. The van der Waals surface area contributed by atoms with E-state index in [4.69, 9.17) is 11.6 Å². The summed E-state index contributed by atoms with van der Waals surface area (Å²) in [5.41, 5.74) is 0.953. The lowest BCUT2D eigenvalue weighted by atomic mass is 10.0. The second-order valence-corrected chi connectivity index (χ2v) is 7.06. The molecule has 0 aromatic heterocycles. The molecule has 0 bridgehead atoms. The molecule has 0 spiro atoms. The summed E-state index contributed by atoms with van der Waals surface area (Å²) in [7, 11) is 0. The fourth-order valence-electron chi connectivity index (χ4n) is 3.62. The molecule has 0 unspecified atom stereocenters. The summed E-state index contributed by atoms with van der Waals surface area (Å²) in [4.78, 5) is 27.8. The van der Waals surface area contributed by atoms with Gasteiger partial charge in [0.15, 0.2) is 0 Å². The van der Waals surface area contributed by atoms with Crippen LogP contribution >= 0.6 is 11.6 Å². The van der Waals surface area contributed by atoms with Crippen molar-refractivity contribution in [3.63, 3.8) is 0 Å². The molecule has 2 fully saturated rings. The molecule has 1 aliphatic heterocycles. The topological polar surface area (TPSA) is 52.7 Å². The van der Waals surface area contributed by atoms with Crippen molar-refractivity contribution in [2.75, 3.05) is 26.2 Å². The number of rotatable bonds is 5. The number of hydrogen-bond donors (Lipinski definition) is 1. The number of benzene rings is 1. The van der Waals surface area contributed by atoms with E-state index < -0.39 is 0 Å². The predicted octanol–water partition coefficient (Wildman–Crippen LogP) is 2.21. The zero-order valence-electron chi connectivity index (χ0n) is 13.8. The van der Waals surface area contributed by atoms with Crippen molar-refractivity contribution in [2.45, 2.75) is 37.8 Å². The fourth-order valence-corrected chi connectivity index (χ4v) is 3.75. The summed E-state index contributed by atoms with van der Waals surface area (Å²) < 4.78 is 0. The first-order chi connectivity index (χ1) is 11.7. The molecule has 6 heteroatoms. The Bertz CT molecular complexity index is 564. The van der Waals surface area contributed by atoms with Crippen LogP contribution in [0.4, 0.5) is 0 Å². The molecule has 130 valence electrons. The van der Waals surface area contributed by atoms with Gasteiger partial charge in [-0.2, -0.15) is 0 Å². The van der Waals surface area contributed by atoms with Crippen LogP contribution in [0, 0.1) is 0 Å². The molecule has 1 aromatic carbocycles. The molecule has 0 radical (unpaired) electrons. The first-order valence-corrected chi connectivity index (χ1v) is 9.04. The predicted molar refractivity (Wildman–Crippen MR) is 93.8 cm³/mol. The summed E-state index contributed by atoms with van der Waals surface area (Å²) in [6, 6.07) is 7.48. The van der Waals surface area contributed by atoms with E-state index in [1.807, 2.05) is 24.3 Å². The Labute approximate surface area is 147 Å². The molecule has 1 atom stereocenters. The van der Waals surface area contributed by atoms with E-state index in [9.17, 15) is 9.59 Å². The lowest BCUT2D eigenvalue weighted by molar-refractivity contribution is -0.129. The molecule has 2 aliphatic rings. The SMILES string of the molecule is O=CN1CCN([C@@H](C(=O)NC2CCCC2)c2ccc(Cl)cc2)CC1. The Morgan fingerprint density at radius 1 is 1.12 bits per heavy atom. The van der Waals surface area contributed by atoms with Crippen molar-refractivity contribution in [1.29, 1.82) is 0 Å². The largest absolute Gasteiger partial charge is 0.352 e. The third kappa shape index (κ3) is 4.08. The van der Waals surface area contributed by atoms with E-state index in [0.29, 0.717) is 37.2 Å². The van der Waals surface area contributed by atoms with Crippen molar-refractivity contribution in [1.82, 2.24) is 15.1 Å². The van der Waals surface area contributed by atoms with Crippen LogP contribution in [-0.4, -0.2) is 54.3 Å². The molecule has 1 heterocycles. The van der Waals surface area contributed by atoms with Crippen molar-refractivity contribution in [3.8, 4) is 0 Å². The van der Waals surface area contributed by atoms with Crippen LogP contribution in [0.25, 0.3) is 0 Å². The highest BCUT2D eigenvalue weighted by Crippen LogP contribution is 2.26. The number of nitrogens with one attached hydrogen (secondary N) is 1. The van der Waals surface area contributed by atoms with Crippen molar-refractivity contribution in [3.05, 3.63) is 34.9 Å². The third-order valence-electron chi connectivity index (χ3n) is 5.00. The van der Waals surface area contributed by atoms with Crippen molar-refractivity contribution in [2.24, 2.45) is 0 Å². The molecule has 3 rings (SSSR count). The highest BCUT2D eigenvalue weighted by atomic mass is 35.5. The minimum Gasteiger partial charge on any atom is -0.352 e. The van der Waals surface area contributed by atoms with Gasteiger partial charge in [-0.25, -0.2) is 0 Å². The van der Waals surface area contributed by atoms with E-state index in [0.717, 1.165) is 24.8 Å². The average molecular weight is 350 g/mol. The number of carbonyl (C=O) groups excluding carboxylic acids is 2. The monoisotopic (exact) mass is 349 g/mol. The molecular formula is C18H24ClN3O2. The molecule has 1 aromatic rings. The molecule has 5 nitrogen and oxygen atoms in total. The summed E-state index contributed by atoms with van der Waals surface area (Å²) in [6.07, 6.45) is 5.40. The second-order valence-electron chi connectivity index (χ2n) is 6.62. The first-order valence-electron chi connectivity index (χ1n) is 8.66. The molecular weight excluding hydrogens is 326 g/mol. The third-order valence-corrected chi connectivity index (χ3v) is 5.25. The van der Waals surface area contributed by atoms with Crippen LogP contribution in [0.15, 0.2) is 24.3 Å². The maximum Gasteiger partial charge on any atom is 0.242 e. The number of carbonyl (C=O) groups is 2. The highest BCUT2D eigenvalue weighted by molar-refractivity contribution is 6.30. The van der Waals surface area contributed by atoms with Crippen molar-refractivity contribution >= 4 is 23.9 Å². The van der Waals surface area contributed by atoms with Gasteiger partial charge in [-0.05, 0) is 30.5 Å². The van der Waals surface area contributed by atoms with E-state index in [-0.39, 0.29) is 11.9 Å². The van der Waals surface area contributed by atoms with Crippen LogP contribution in [0.5, 0.6) is 0 Å². The number of piperazine rings is 1. The van der Waals surface area contributed by atoms with E-state index in [1.54, 1.807) is 4.90 Å². The number of halogens is 1. The van der Waals surface area contributed by atoms with Gasteiger partial charge in [0.2, 0.25) is 12.3 Å². The van der Waals surface area contributed by atoms with Gasteiger partial charge in [-0.15, -0.1) is 0 Å². The van der Waals surface area contributed by atoms with Gasteiger partial charge in [0.05, 0.1) is 0 Å². The standard InChI is InChI=1S/C18H24ClN3O2/c19-15-7-5-14(6-8-15)17(18(24)20-16-3-1-2-4-16)22-11-9-21(13-23)10-12-22/h5-8,13,16-17H,1-4,9-12H2,(H,20,24)/t17-/m1/s1. The van der Waals surface area contributed by atoms with E-state index in [2.05, 4.69) is 10.2 Å². The summed E-state index contributed by atoms with van der Waals surface area (Å²) >= 11 is 6.00. The lowest BCUT2D eigenvalue weighted by Gasteiger charge is -2.37. The fraction of sp³-hybridized carbons (Fsp3) is 0.556. The van der Waals surface area contributed by atoms with Gasteiger partial charge >= 0.3 is 0 Å². The van der Waals surface area contributed by atoms with E-state index in [1.165, 1.54) is 12.8 Å². The first kappa shape index (κ1) is 17.2. The average Bonchev–Trinajstić information content (AvgIpc) is 3.10. The molecule has 1 N–H and O–H groups in total. The Kier molecular flexibility index (Phi) is 5.74. The minimum atomic E-state index is -0.323. The number of nitrogens with zero attached hydrogens (tertiary/aromatic N) is 2. The Hall–Kier alpha value is -1.59. The normalized spacial score (nSPS) is 20.8. The summed E-state index contributed by atoms with van der Waals surface area (Å²) in [6.45, 7) is 2.71. The second kappa shape index (κ2) is 7.99. The number of amides is 2. The quantitative estimate of drug-likeness (QED) is 0.829. The molecule has 1 aliphatic carbocycles. The van der Waals surface area contributed by atoms with Crippen LogP contribution in [0.3, 0.4) is 0 Å². The lowest BCUT2D eigenvalue weighted by Crippen LogP contribution is -2.51. The molecule has 24 heavy (non-hydrogen) atoms. The summed E-state index contributed by atoms with van der Waals surface area (Å²) in [5, 5.41) is 3.88. The van der Waals surface area contributed by atoms with Gasteiger partial charge in [0.1, 0.15) is 6.04 Å². The van der Waals surface area contributed by atoms with Crippen LogP contribution in [0.1, 0.15) is 37.3 Å². The Morgan fingerprint density at radius 2 is 1.75 bits per heavy atom.